The van der Waals surface area contributed by atoms with Crippen molar-refractivity contribution in [2.75, 3.05) is 4.90 Å². The highest BCUT2D eigenvalue weighted by Crippen LogP contribution is 2.32. The SMILES string of the molecule is Cc1noc(C)c1C(=O)O[C@H](C)C(=O)N1c2ccccc2C[C@H]1C. The number of hydrogen-bond acceptors (Lipinski definition) is 5. The van der Waals surface area contributed by atoms with E-state index in [1.807, 2.05) is 31.2 Å². The maximum Gasteiger partial charge on any atom is 0.344 e. The Kier molecular flexibility index (Phi) is 4.13. The summed E-state index contributed by atoms with van der Waals surface area (Å²) in [5.41, 5.74) is 2.75. The molecule has 2 aromatic rings. The predicted molar refractivity (Wildman–Crippen MR) is 87.9 cm³/mol. The summed E-state index contributed by atoms with van der Waals surface area (Å²) in [7, 11) is 0. The molecule has 0 aliphatic carbocycles. The molecule has 2 atom stereocenters. The number of fused-ring (bicyclic) bond motifs is 1. The van der Waals surface area contributed by atoms with Crippen molar-refractivity contribution in [3.05, 3.63) is 46.8 Å². The van der Waals surface area contributed by atoms with Gasteiger partial charge in [-0.2, -0.15) is 0 Å². The van der Waals surface area contributed by atoms with Crippen LogP contribution in [-0.4, -0.2) is 29.2 Å². The molecule has 1 amide bonds. The molecule has 126 valence electrons. The van der Waals surface area contributed by atoms with Gasteiger partial charge >= 0.3 is 5.97 Å². The minimum atomic E-state index is -0.889. The molecule has 0 fully saturated rings. The number of esters is 1. The third kappa shape index (κ3) is 2.68. The zero-order valence-electron chi connectivity index (χ0n) is 14.2. The predicted octanol–water partition coefficient (Wildman–Crippen LogP) is 2.81. The summed E-state index contributed by atoms with van der Waals surface area (Å²) in [6.45, 7) is 6.88. The van der Waals surface area contributed by atoms with E-state index in [0.29, 0.717) is 11.5 Å². The van der Waals surface area contributed by atoms with Gasteiger partial charge in [-0.1, -0.05) is 23.4 Å². The van der Waals surface area contributed by atoms with E-state index in [0.717, 1.165) is 17.7 Å². The van der Waals surface area contributed by atoms with E-state index < -0.39 is 12.1 Å². The first-order valence-electron chi connectivity index (χ1n) is 7.95. The summed E-state index contributed by atoms with van der Waals surface area (Å²) < 4.78 is 10.3. The summed E-state index contributed by atoms with van der Waals surface area (Å²) in [6, 6.07) is 7.83. The van der Waals surface area contributed by atoms with Crippen LogP contribution in [-0.2, 0) is 16.0 Å². The van der Waals surface area contributed by atoms with Gasteiger partial charge in [0.2, 0.25) is 0 Å². The van der Waals surface area contributed by atoms with Gasteiger partial charge < -0.3 is 14.2 Å². The van der Waals surface area contributed by atoms with Crippen molar-refractivity contribution in [3.8, 4) is 0 Å². The standard InChI is InChI=1S/C18H20N2O4/c1-10-9-14-7-5-6-8-15(14)20(10)17(21)13(4)23-18(22)16-11(2)19-24-12(16)3/h5-8,10,13H,9H2,1-4H3/t10-,13-/m1/s1. The highest BCUT2D eigenvalue weighted by atomic mass is 16.5. The lowest BCUT2D eigenvalue weighted by molar-refractivity contribution is -0.126. The minimum absolute atomic E-state index is 0.0371. The van der Waals surface area contributed by atoms with Gasteiger partial charge in [0.15, 0.2) is 6.10 Å². The molecule has 24 heavy (non-hydrogen) atoms. The molecule has 0 saturated carbocycles. The van der Waals surface area contributed by atoms with Crippen LogP contribution in [0.25, 0.3) is 0 Å². The van der Waals surface area contributed by atoms with Crippen LogP contribution in [0.3, 0.4) is 0 Å². The van der Waals surface area contributed by atoms with E-state index in [-0.39, 0.29) is 17.5 Å². The van der Waals surface area contributed by atoms with Crippen molar-refractivity contribution in [1.29, 1.82) is 0 Å². The second kappa shape index (κ2) is 6.11. The molecule has 1 aromatic heterocycles. The molecule has 2 heterocycles. The molecule has 0 N–H and O–H groups in total. The van der Waals surface area contributed by atoms with E-state index >= 15 is 0 Å². The van der Waals surface area contributed by atoms with Crippen LogP contribution in [0, 0.1) is 13.8 Å². The zero-order valence-corrected chi connectivity index (χ0v) is 14.2. The highest BCUT2D eigenvalue weighted by molar-refractivity contribution is 6.01. The third-order valence-electron chi connectivity index (χ3n) is 4.31. The van der Waals surface area contributed by atoms with Crippen LogP contribution in [0.4, 0.5) is 5.69 Å². The van der Waals surface area contributed by atoms with Gasteiger partial charge in [0.05, 0.1) is 5.69 Å². The number of benzene rings is 1. The molecular formula is C18H20N2O4. The number of carbonyl (C=O) groups excluding carboxylic acids is 2. The lowest BCUT2D eigenvalue weighted by Crippen LogP contribution is -2.43. The Morgan fingerprint density at radius 2 is 2.04 bits per heavy atom. The van der Waals surface area contributed by atoms with E-state index in [1.54, 1.807) is 25.7 Å². The molecule has 6 heteroatoms. The summed E-state index contributed by atoms with van der Waals surface area (Å²) in [5.74, 6) is -0.433. The van der Waals surface area contributed by atoms with Gasteiger partial charge in [-0.05, 0) is 45.7 Å². The van der Waals surface area contributed by atoms with Crippen molar-refractivity contribution < 1.29 is 18.8 Å². The molecule has 0 saturated heterocycles. The highest BCUT2D eigenvalue weighted by Gasteiger charge is 2.35. The van der Waals surface area contributed by atoms with E-state index in [4.69, 9.17) is 9.26 Å². The topological polar surface area (TPSA) is 72.6 Å². The maximum atomic E-state index is 12.8. The van der Waals surface area contributed by atoms with Crippen LogP contribution < -0.4 is 4.90 Å². The molecule has 1 aliphatic heterocycles. The Morgan fingerprint density at radius 1 is 1.33 bits per heavy atom. The average molecular weight is 328 g/mol. The van der Waals surface area contributed by atoms with Crippen molar-refractivity contribution in [2.45, 2.75) is 46.3 Å². The number of hydrogen-bond donors (Lipinski definition) is 0. The second-order valence-electron chi connectivity index (χ2n) is 6.14. The van der Waals surface area contributed by atoms with Gasteiger partial charge in [0.1, 0.15) is 11.3 Å². The molecule has 6 nitrogen and oxygen atoms in total. The second-order valence-corrected chi connectivity index (χ2v) is 6.14. The molecule has 0 radical (unpaired) electrons. The van der Waals surface area contributed by atoms with E-state index in [2.05, 4.69) is 5.16 Å². The number of ether oxygens (including phenoxy) is 1. The number of aryl methyl sites for hydroxylation is 2. The fraction of sp³-hybridized carbons (Fsp3) is 0.389. The number of rotatable bonds is 3. The van der Waals surface area contributed by atoms with Crippen LogP contribution in [0.2, 0.25) is 0 Å². The van der Waals surface area contributed by atoms with Gasteiger partial charge in [-0.3, -0.25) is 4.79 Å². The summed E-state index contributed by atoms with van der Waals surface area (Å²) >= 11 is 0. The molecular weight excluding hydrogens is 308 g/mol. The maximum absolute atomic E-state index is 12.8. The van der Waals surface area contributed by atoms with Crippen LogP contribution >= 0.6 is 0 Å². The Morgan fingerprint density at radius 3 is 2.71 bits per heavy atom. The van der Waals surface area contributed by atoms with Crippen molar-refractivity contribution in [2.24, 2.45) is 0 Å². The van der Waals surface area contributed by atoms with Crippen molar-refractivity contribution in [1.82, 2.24) is 5.16 Å². The number of nitrogens with zero attached hydrogens (tertiary/aromatic N) is 2. The molecule has 1 aromatic carbocycles. The normalized spacial score (nSPS) is 17.5. The third-order valence-corrected chi connectivity index (χ3v) is 4.31. The number of amides is 1. The van der Waals surface area contributed by atoms with E-state index in [1.165, 1.54) is 0 Å². The Balaban J connectivity index is 1.77. The monoisotopic (exact) mass is 328 g/mol. The van der Waals surface area contributed by atoms with Gasteiger partial charge in [-0.25, -0.2) is 4.79 Å². The van der Waals surface area contributed by atoms with Crippen molar-refractivity contribution in [3.63, 3.8) is 0 Å². The summed E-state index contributed by atoms with van der Waals surface area (Å²) in [6.07, 6.45) is -0.0910. The fourth-order valence-electron chi connectivity index (χ4n) is 3.14. The number of carbonyl (C=O) groups is 2. The average Bonchev–Trinajstić information content (AvgIpc) is 3.05. The quantitative estimate of drug-likeness (QED) is 0.810. The number of para-hydroxylation sites is 1. The smallest absolute Gasteiger partial charge is 0.344 e. The number of aromatic nitrogens is 1. The first-order chi connectivity index (χ1) is 11.4. The largest absolute Gasteiger partial charge is 0.449 e. The molecule has 3 rings (SSSR count). The summed E-state index contributed by atoms with van der Waals surface area (Å²) in [5, 5.41) is 3.74. The zero-order chi connectivity index (χ0) is 17.4. The number of anilines is 1. The van der Waals surface area contributed by atoms with Crippen LogP contribution in [0.15, 0.2) is 28.8 Å². The first-order valence-corrected chi connectivity index (χ1v) is 7.95. The molecule has 0 bridgehead atoms. The Hall–Kier alpha value is -2.63. The van der Waals surface area contributed by atoms with Crippen LogP contribution in [0.1, 0.15) is 41.2 Å². The van der Waals surface area contributed by atoms with Crippen LogP contribution in [0.5, 0.6) is 0 Å². The Bertz CT molecular complexity index is 777. The lowest BCUT2D eigenvalue weighted by atomic mass is 10.1. The van der Waals surface area contributed by atoms with Crippen molar-refractivity contribution >= 4 is 17.6 Å². The fourth-order valence-corrected chi connectivity index (χ4v) is 3.14. The van der Waals surface area contributed by atoms with Gasteiger partial charge in [0.25, 0.3) is 5.91 Å². The summed E-state index contributed by atoms with van der Waals surface area (Å²) in [4.78, 5) is 26.8. The minimum Gasteiger partial charge on any atom is -0.449 e. The molecule has 0 unspecified atom stereocenters. The van der Waals surface area contributed by atoms with Gasteiger partial charge in [0, 0.05) is 11.7 Å². The van der Waals surface area contributed by atoms with E-state index in [9.17, 15) is 9.59 Å². The molecule has 0 spiro atoms. The molecule has 1 aliphatic rings. The Labute approximate surface area is 140 Å². The first kappa shape index (κ1) is 16.2. The van der Waals surface area contributed by atoms with Gasteiger partial charge in [-0.15, -0.1) is 0 Å². The lowest BCUT2D eigenvalue weighted by Gasteiger charge is -2.25.